The zero-order chi connectivity index (χ0) is 28.2. The van der Waals surface area contributed by atoms with Crippen LogP contribution in [0.15, 0.2) is 103 Å². The maximum absolute atomic E-state index is 13.7. The molecule has 5 rings (SSSR count). The van der Waals surface area contributed by atoms with Crippen LogP contribution in [0.2, 0.25) is 5.02 Å². The molecule has 0 atom stereocenters. The van der Waals surface area contributed by atoms with Crippen molar-refractivity contribution in [1.82, 2.24) is 0 Å². The van der Waals surface area contributed by atoms with Crippen molar-refractivity contribution in [3.05, 3.63) is 130 Å². The van der Waals surface area contributed by atoms with Gasteiger partial charge in [-0.25, -0.2) is 0 Å². The third-order valence-electron chi connectivity index (χ3n) is 6.40. The number of hydrogen-bond acceptors (Lipinski definition) is 5. The van der Waals surface area contributed by atoms with Gasteiger partial charge in [0.15, 0.2) is 5.11 Å². The molecule has 1 heterocycles. The lowest BCUT2D eigenvalue weighted by Gasteiger charge is -2.36. The highest BCUT2D eigenvalue weighted by Crippen LogP contribution is 2.32. The quantitative estimate of drug-likeness (QED) is 0.146. The predicted octanol–water partition coefficient (Wildman–Crippen LogP) is 6.85. The fourth-order valence-electron chi connectivity index (χ4n) is 4.23. The van der Waals surface area contributed by atoms with Gasteiger partial charge in [0.25, 0.3) is 11.8 Å². The van der Waals surface area contributed by atoms with Crippen LogP contribution in [0.4, 0.5) is 11.4 Å². The second-order valence-electron chi connectivity index (χ2n) is 9.02. The monoisotopic (exact) mass is 563 g/mol. The largest absolute Gasteiger partial charge is 0.489 e. The van der Waals surface area contributed by atoms with Crippen LogP contribution in [0, 0.1) is 18.3 Å². The Kier molecular flexibility index (Phi) is 7.74. The molecule has 1 saturated heterocycles. The van der Waals surface area contributed by atoms with Crippen LogP contribution >= 0.6 is 23.8 Å². The fourth-order valence-corrected chi connectivity index (χ4v) is 4.78. The number of halogens is 1. The summed E-state index contributed by atoms with van der Waals surface area (Å²) >= 11 is 12.0. The third kappa shape index (κ3) is 5.36. The number of aryl methyl sites for hydroxylation is 1. The summed E-state index contributed by atoms with van der Waals surface area (Å²) in [7, 11) is 0. The smallest absolute Gasteiger partial charge is 0.270 e. The van der Waals surface area contributed by atoms with Crippen LogP contribution in [0.25, 0.3) is 6.08 Å². The molecule has 0 N–H and O–H groups in total. The molecular formula is C32H22ClN3O3S. The average Bonchev–Trinajstić information content (AvgIpc) is 2.97. The number of amides is 2. The van der Waals surface area contributed by atoms with Gasteiger partial charge in [0.2, 0.25) is 0 Å². The Bertz CT molecular complexity index is 1700. The van der Waals surface area contributed by atoms with E-state index in [4.69, 9.17) is 28.6 Å². The highest BCUT2D eigenvalue weighted by molar-refractivity contribution is 7.81. The molecule has 4 aromatic carbocycles. The van der Waals surface area contributed by atoms with Gasteiger partial charge < -0.3 is 4.74 Å². The summed E-state index contributed by atoms with van der Waals surface area (Å²) in [6.45, 7) is 2.10. The number of carbonyl (C=O) groups excluding carboxylic acids is 2. The zero-order valence-corrected chi connectivity index (χ0v) is 22.9. The second-order valence-corrected chi connectivity index (χ2v) is 9.79. The van der Waals surface area contributed by atoms with Crippen molar-refractivity contribution in [2.75, 3.05) is 9.80 Å². The first kappa shape index (κ1) is 26.8. The van der Waals surface area contributed by atoms with Crippen LogP contribution in [-0.4, -0.2) is 16.9 Å². The first-order valence-electron chi connectivity index (χ1n) is 12.3. The lowest BCUT2D eigenvalue weighted by atomic mass is 10.0. The molecule has 4 aromatic rings. The molecule has 6 nitrogen and oxygen atoms in total. The van der Waals surface area contributed by atoms with E-state index in [1.54, 1.807) is 84.9 Å². The van der Waals surface area contributed by atoms with E-state index in [1.165, 1.54) is 9.80 Å². The van der Waals surface area contributed by atoms with Gasteiger partial charge in [0, 0.05) is 10.6 Å². The average molecular weight is 564 g/mol. The van der Waals surface area contributed by atoms with E-state index in [0.717, 1.165) is 11.1 Å². The summed E-state index contributed by atoms with van der Waals surface area (Å²) in [6.07, 6.45) is 1.54. The fraction of sp³-hybridized carbons (Fsp3) is 0.0625. The van der Waals surface area contributed by atoms with Gasteiger partial charge in [-0.1, -0.05) is 66.2 Å². The lowest BCUT2D eigenvalue weighted by Crippen LogP contribution is -2.56. The third-order valence-corrected chi connectivity index (χ3v) is 7.17. The molecule has 0 saturated carbocycles. The number of ether oxygens (including phenoxy) is 1. The summed E-state index contributed by atoms with van der Waals surface area (Å²) < 4.78 is 5.85. The van der Waals surface area contributed by atoms with Crippen molar-refractivity contribution in [2.24, 2.45) is 0 Å². The molecule has 0 aliphatic carbocycles. The number of nitrogens with zero attached hydrogens (tertiary/aromatic N) is 3. The Morgan fingerprint density at radius 1 is 0.875 bits per heavy atom. The number of hydrogen-bond donors (Lipinski definition) is 0. The number of rotatable bonds is 6. The van der Waals surface area contributed by atoms with Crippen molar-refractivity contribution in [2.45, 2.75) is 13.5 Å². The normalized spacial score (nSPS) is 14.4. The Hall–Kier alpha value is -4.77. The van der Waals surface area contributed by atoms with Crippen LogP contribution in [0.1, 0.15) is 22.3 Å². The lowest BCUT2D eigenvalue weighted by molar-refractivity contribution is -0.120. The molecule has 0 unspecified atom stereocenters. The highest BCUT2D eigenvalue weighted by atomic mass is 35.5. The molecule has 196 valence electrons. The molecular weight excluding hydrogens is 542 g/mol. The van der Waals surface area contributed by atoms with Crippen LogP contribution in [0.3, 0.4) is 0 Å². The molecule has 0 aromatic heterocycles. The van der Waals surface area contributed by atoms with Gasteiger partial charge in [-0.2, -0.15) is 5.26 Å². The molecule has 0 radical (unpaired) electrons. The van der Waals surface area contributed by atoms with E-state index in [2.05, 4.69) is 6.07 Å². The number of para-hydroxylation sites is 1. The Balaban J connectivity index is 1.47. The van der Waals surface area contributed by atoms with Gasteiger partial charge in [-0.15, -0.1) is 0 Å². The van der Waals surface area contributed by atoms with Crippen molar-refractivity contribution in [3.8, 4) is 11.8 Å². The summed E-state index contributed by atoms with van der Waals surface area (Å²) in [4.78, 5) is 30.1. The summed E-state index contributed by atoms with van der Waals surface area (Å²) in [5.74, 6) is -0.487. The Morgan fingerprint density at radius 2 is 1.52 bits per heavy atom. The minimum absolute atomic E-state index is 0.0414. The first-order chi connectivity index (χ1) is 19.4. The van der Waals surface area contributed by atoms with Crippen molar-refractivity contribution in [3.63, 3.8) is 0 Å². The van der Waals surface area contributed by atoms with Crippen LogP contribution in [-0.2, 0) is 16.2 Å². The van der Waals surface area contributed by atoms with Crippen LogP contribution in [0.5, 0.6) is 5.75 Å². The Morgan fingerprint density at radius 3 is 2.20 bits per heavy atom. The van der Waals surface area contributed by atoms with Crippen molar-refractivity contribution < 1.29 is 14.3 Å². The molecule has 8 heteroatoms. The van der Waals surface area contributed by atoms with E-state index in [1.807, 2.05) is 25.1 Å². The van der Waals surface area contributed by atoms with Crippen LogP contribution < -0.4 is 14.5 Å². The number of benzene rings is 4. The maximum Gasteiger partial charge on any atom is 0.270 e. The van der Waals surface area contributed by atoms with Crippen molar-refractivity contribution >= 4 is 58.2 Å². The molecule has 0 bridgehead atoms. The van der Waals surface area contributed by atoms with Crippen molar-refractivity contribution in [1.29, 1.82) is 5.26 Å². The van der Waals surface area contributed by atoms with E-state index < -0.39 is 11.8 Å². The van der Waals surface area contributed by atoms with Gasteiger partial charge in [0.1, 0.15) is 17.9 Å². The Labute approximate surface area is 242 Å². The zero-order valence-electron chi connectivity index (χ0n) is 21.4. The molecule has 1 aliphatic heterocycles. The number of anilines is 2. The summed E-state index contributed by atoms with van der Waals surface area (Å²) in [5, 5.41) is 9.81. The predicted molar refractivity (Wildman–Crippen MR) is 160 cm³/mol. The highest BCUT2D eigenvalue weighted by Gasteiger charge is 2.41. The molecule has 1 aliphatic rings. The van der Waals surface area contributed by atoms with E-state index >= 15 is 0 Å². The molecule has 1 fully saturated rings. The molecule has 40 heavy (non-hydrogen) atoms. The standard InChI is InChI=1S/C32H22ClN3O3S/c1-21-11-14-26(18-29(21)33)36-31(38)28(30(37)35(32(36)40)25-9-3-2-4-10-25)17-22-12-15-27(16-13-22)39-20-24-8-6-5-7-23(24)19-34/h2-18H,20H2,1H3. The van der Waals surface area contributed by atoms with E-state index in [0.29, 0.717) is 33.3 Å². The number of thiocarbonyl (C=S) groups is 1. The van der Waals surface area contributed by atoms with Gasteiger partial charge in [-0.3, -0.25) is 19.4 Å². The minimum Gasteiger partial charge on any atom is -0.489 e. The number of nitriles is 1. The summed E-state index contributed by atoms with van der Waals surface area (Å²) in [5.41, 5.74) is 3.77. The summed E-state index contributed by atoms with van der Waals surface area (Å²) in [6, 6.07) is 30.6. The van der Waals surface area contributed by atoms with Gasteiger partial charge in [-0.05, 0) is 78.8 Å². The minimum atomic E-state index is -0.546. The molecule has 0 spiro atoms. The number of carbonyl (C=O) groups is 2. The first-order valence-corrected chi connectivity index (χ1v) is 13.1. The second kappa shape index (κ2) is 11.5. The SMILES string of the molecule is Cc1ccc(N2C(=O)C(=Cc3ccc(OCc4ccccc4C#N)cc3)C(=O)N(c3ccccc3)C2=S)cc1Cl. The molecule has 2 amide bonds. The topological polar surface area (TPSA) is 73.6 Å². The van der Waals surface area contributed by atoms with Gasteiger partial charge >= 0.3 is 0 Å². The maximum atomic E-state index is 13.7. The van der Waals surface area contributed by atoms with Gasteiger partial charge in [0.05, 0.1) is 23.0 Å². The van der Waals surface area contributed by atoms with E-state index in [-0.39, 0.29) is 17.3 Å². The van der Waals surface area contributed by atoms with E-state index in [9.17, 15) is 14.9 Å².